The molecule has 0 bridgehead atoms. The minimum atomic E-state index is -5.19. The molecule has 1 aromatic heterocycles. The number of nitrogens with one attached hydrogen (secondary N) is 2. The monoisotopic (exact) mass is 713 g/mol. The van der Waals surface area contributed by atoms with Gasteiger partial charge < -0.3 is 13.9 Å². The summed E-state index contributed by atoms with van der Waals surface area (Å²) in [6.07, 6.45) is 3.08. The first-order valence-corrected chi connectivity index (χ1v) is 19.4. The van der Waals surface area contributed by atoms with E-state index in [1.165, 1.54) is 18.3 Å². The number of sulfonamides is 1. The molecular weight excluding hydrogens is 675 g/mol. The molecule has 13 heteroatoms. The quantitative estimate of drug-likeness (QED) is 0.0951. The van der Waals surface area contributed by atoms with E-state index in [9.17, 15) is 21.4 Å². The fraction of sp³-hybridized carbons (Fsp3) is 0.243. The largest absolute Gasteiger partial charge is 0.744 e. The van der Waals surface area contributed by atoms with Gasteiger partial charge in [0, 0.05) is 64.7 Å². The predicted molar refractivity (Wildman–Crippen MR) is 193 cm³/mol. The number of hydrogen-bond donors (Lipinski definition) is 2. The number of nitrogens with zero attached hydrogens (tertiary/aromatic N) is 3. The number of benzene rings is 4. The molecule has 1 aliphatic carbocycles. The third kappa shape index (κ3) is 6.81. The van der Waals surface area contributed by atoms with Crippen LogP contribution >= 0.6 is 0 Å². The third-order valence-corrected chi connectivity index (χ3v) is 11.3. The molecule has 0 spiro atoms. The first kappa shape index (κ1) is 35.0. The molecule has 11 nitrogen and oxygen atoms in total. The number of H-pyrrole nitrogens is 1. The van der Waals surface area contributed by atoms with Crippen molar-refractivity contribution in [3.05, 3.63) is 114 Å². The van der Waals surface area contributed by atoms with E-state index in [2.05, 4.69) is 52.1 Å². The first-order chi connectivity index (χ1) is 24.0. The first-order valence-electron chi connectivity index (χ1n) is 16.5. The number of fused-ring (bicyclic) bond motifs is 2. The van der Waals surface area contributed by atoms with Gasteiger partial charge in [0.2, 0.25) is 15.4 Å². The van der Waals surface area contributed by atoms with E-state index in [0.29, 0.717) is 39.0 Å². The van der Waals surface area contributed by atoms with E-state index < -0.39 is 31.1 Å². The van der Waals surface area contributed by atoms with Crippen LogP contribution < -0.4 is 19.6 Å². The fourth-order valence-electron chi connectivity index (χ4n) is 6.43. The van der Waals surface area contributed by atoms with Gasteiger partial charge in [-0.3, -0.25) is 5.10 Å². The number of anilines is 1. The van der Waals surface area contributed by atoms with Crippen molar-refractivity contribution < 1.29 is 25.8 Å². The maximum absolute atomic E-state index is 13.9. The van der Waals surface area contributed by atoms with Crippen LogP contribution in [0.1, 0.15) is 44.9 Å². The number of hydrogen-bond acceptors (Lipinski definition) is 8. The van der Waals surface area contributed by atoms with Gasteiger partial charge in [-0.15, -0.1) is 0 Å². The van der Waals surface area contributed by atoms with Gasteiger partial charge >= 0.3 is 0 Å². The summed E-state index contributed by atoms with van der Waals surface area (Å²) in [5.41, 5.74) is 3.71. The molecule has 0 amide bonds. The maximum Gasteiger partial charge on any atom is 0.241 e. The number of aromatic nitrogens is 2. The Morgan fingerprint density at radius 3 is 2.22 bits per heavy atom. The highest BCUT2D eigenvalue weighted by Crippen LogP contribution is 2.43. The smallest absolute Gasteiger partial charge is 0.241 e. The topological polar surface area (TPSA) is 151 Å². The van der Waals surface area contributed by atoms with Crippen molar-refractivity contribution in [1.29, 1.82) is 0 Å². The fourth-order valence-corrected chi connectivity index (χ4v) is 8.45. The van der Waals surface area contributed by atoms with Crippen LogP contribution in [0.5, 0.6) is 0 Å². The van der Waals surface area contributed by atoms with Gasteiger partial charge in [0.05, 0.1) is 28.1 Å². The Bertz CT molecular complexity index is 2400. The number of rotatable bonds is 12. The van der Waals surface area contributed by atoms with Gasteiger partial charge in [-0.2, -0.15) is 9.82 Å². The van der Waals surface area contributed by atoms with Crippen molar-refractivity contribution in [2.75, 3.05) is 31.1 Å². The van der Waals surface area contributed by atoms with Gasteiger partial charge in [-0.05, 0) is 63.6 Å². The van der Waals surface area contributed by atoms with Crippen LogP contribution in [0.2, 0.25) is 0 Å². The molecule has 6 rings (SSSR count). The molecular formula is C37H39N5O6S2. The molecule has 1 atom stereocenters. The van der Waals surface area contributed by atoms with E-state index in [1.807, 2.05) is 42.5 Å². The Labute approximate surface area is 292 Å². The van der Waals surface area contributed by atoms with Crippen molar-refractivity contribution in [1.82, 2.24) is 19.5 Å². The molecule has 1 unspecified atom stereocenters. The molecule has 4 aromatic rings. The van der Waals surface area contributed by atoms with Crippen LogP contribution in [-0.4, -0.2) is 57.8 Å². The van der Waals surface area contributed by atoms with Crippen LogP contribution in [0.4, 0.5) is 5.69 Å². The molecule has 0 saturated heterocycles. The second kappa shape index (κ2) is 14.2. The zero-order chi connectivity index (χ0) is 35.6. The Morgan fingerprint density at radius 2 is 1.58 bits per heavy atom. The van der Waals surface area contributed by atoms with E-state index in [0.717, 1.165) is 43.3 Å². The van der Waals surface area contributed by atoms with Crippen molar-refractivity contribution >= 4 is 36.8 Å². The van der Waals surface area contributed by atoms with Crippen molar-refractivity contribution in [2.24, 2.45) is 0 Å². The zero-order valence-corrected chi connectivity index (χ0v) is 29.9. The molecule has 2 N–H and O–H groups in total. The van der Waals surface area contributed by atoms with E-state index >= 15 is 0 Å². The molecule has 1 aliphatic heterocycles. The Morgan fingerprint density at radius 1 is 0.860 bits per heavy atom. The maximum atomic E-state index is 13.9. The van der Waals surface area contributed by atoms with Crippen molar-refractivity contribution in [3.63, 3.8) is 0 Å². The zero-order valence-electron chi connectivity index (χ0n) is 28.3. The molecule has 0 radical (unpaired) electrons. The summed E-state index contributed by atoms with van der Waals surface area (Å²) >= 11 is 0. The predicted octanol–water partition coefficient (Wildman–Crippen LogP) is 5.56. The molecule has 2 heterocycles. The summed E-state index contributed by atoms with van der Waals surface area (Å²) in [7, 11) is -9.56. The standard InChI is InChI=1S/C37H39N5O6S2/c1-5-41(6-2)27-14-17-30-33(20-27)48-34-21-28(42(7-3)8-4)15-18-31(34)36(30)32-19-16-29(22-35(32)50(45,46)47)49(43,44)40-37(26-23-38-39-24-26)25-12-10-9-11-13-25/h9-24,37,40H,5-8H2,1-4H3,(H-,38,39,45,46,47). The van der Waals surface area contributed by atoms with Gasteiger partial charge in [0.1, 0.15) is 34.6 Å². The van der Waals surface area contributed by atoms with E-state index in [1.54, 1.807) is 30.5 Å². The van der Waals surface area contributed by atoms with E-state index in [-0.39, 0.29) is 10.5 Å². The van der Waals surface area contributed by atoms with Crippen LogP contribution in [0.3, 0.4) is 0 Å². The van der Waals surface area contributed by atoms with Gasteiger partial charge in [-0.1, -0.05) is 36.4 Å². The Hall–Kier alpha value is -4.82. The van der Waals surface area contributed by atoms with Gasteiger partial charge in [0.25, 0.3) is 0 Å². The third-order valence-electron chi connectivity index (χ3n) is 9.01. The molecule has 0 fully saturated rings. The summed E-state index contributed by atoms with van der Waals surface area (Å²) < 4.78 is 78.3. The van der Waals surface area contributed by atoms with Gasteiger partial charge in [0.15, 0.2) is 0 Å². The molecule has 3 aromatic carbocycles. The highest BCUT2D eigenvalue weighted by Gasteiger charge is 2.28. The molecule has 260 valence electrons. The average Bonchev–Trinajstić information content (AvgIpc) is 3.65. The van der Waals surface area contributed by atoms with Crippen molar-refractivity contribution in [3.8, 4) is 22.5 Å². The lowest BCUT2D eigenvalue weighted by Gasteiger charge is -2.23. The van der Waals surface area contributed by atoms with Crippen LogP contribution in [0, 0.1) is 0 Å². The summed E-state index contributed by atoms with van der Waals surface area (Å²) in [6, 6.07) is 23.1. The molecule has 0 saturated carbocycles. The van der Waals surface area contributed by atoms with Crippen LogP contribution in [0.25, 0.3) is 33.4 Å². The van der Waals surface area contributed by atoms with Gasteiger partial charge in [-0.25, -0.2) is 21.4 Å². The second-order valence-electron chi connectivity index (χ2n) is 11.8. The lowest BCUT2D eigenvalue weighted by Crippen LogP contribution is -2.29. The summed E-state index contributed by atoms with van der Waals surface area (Å²) in [6.45, 7) is 11.3. The molecule has 50 heavy (non-hydrogen) atoms. The lowest BCUT2D eigenvalue weighted by molar-refractivity contribution is 0.463. The summed E-state index contributed by atoms with van der Waals surface area (Å²) in [5, 5.41) is 8.17. The lowest BCUT2D eigenvalue weighted by atomic mass is 9.93. The van der Waals surface area contributed by atoms with Crippen LogP contribution in [0.15, 0.2) is 112 Å². The van der Waals surface area contributed by atoms with Crippen LogP contribution in [-0.2, 0) is 20.1 Å². The highest BCUT2D eigenvalue weighted by molar-refractivity contribution is 7.89. The average molecular weight is 714 g/mol. The summed E-state index contributed by atoms with van der Waals surface area (Å²) in [5.74, 6) is 0.493. The highest BCUT2D eigenvalue weighted by atomic mass is 32.2. The minimum Gasteiger partial charge on any atom is -0.744 e. The Kier molecular flexibility index (Phi) is 9.94. The Balaban J connectivity index is 1.58. The SMILES string of the molecule is CCN(CC)c1ccc2c(-c3ccc(S(=O)(=O)NC(c4ccccc4)c4cn[nH]c4)cc3S(=O)(=O)[O-])c3ccc(=[N+](CC)CC)cc-3oc2c1. The van der Waals surface area contributed by atoms with E-state index in [4.69, 9.17) is 4.42 Å². The normalized spacial score (nSPS) is 12.7. The summed E-state index contributed by atoms with van der Waals surface area (Å²) in [4.78, 5) is 1.13. The minimum absolute atomic E-state index is 0.0744. The molecule has 2 aliphatic rings. The number of aromatic amines is 1. The van der Waals surface area contributed by atoms with Crippen molar-refractivity contribution in [2.45, 2.75) is 43.5 Å². The second-order valence-corrected chi connectivity index (χ2v) is 14.9.